The van der Waals surface area contributed by atoms with Gasteiger partial charge in [0.05, 0.1) is 0 Å². The Morgan fingerprint density at radius 3 is 2.50 bits per heavy atom. The quantitative estimate of drug-likeness (QED) is 0.592. The van der Waals surface area contributed by atoms with E-state index >= 15 is 0 Å². The van der Waals surface area contributed by atoms with Gasteiger partial charge in [-0.2, -0.15) is 0 Å². The van der Waals surface area contributed by atoms with Crippen molar-refractivity contribution in [2.45, 2.75) is 31.9 Å². The van der Waals surface area contributed by atoms with Gasteiger partial charge in [0, 0.05) is 7.11 Å². The van der Waals surface area contributed by atoms with E-state index in [0.717, 1.165) is 13.0 Å². The van der Waals surface area contributed by atoms with Gasteiger partial charge in [-0.25, -0.2) is 0 Å². The average Bonchev–Trinajstić information content (AvgIpc) is 1.98. The first kappa shape index (κ1) is 10.1. The maximum absolute atomic E-state index is 5.39. The van der Waals surface area contributed by atoms with Gasteiger partial charge in [0.2, 0.25) is 0 Å². The summed E-state index contributed by atoms with van der Waals surface area (Å²) in [7, 11) is 1.03. The summed E-state index contributed by atoms with van der Waals surface area (Å²) in [5.41, 5.74) is 5.39. The van der Waals surface area contributed by atoms with E-state index in [2.05, 4.69) is 6.92 Å². The summed E-state index contributed by atoms with van der Waals surface area (Å²) in [6.45, 7) is 3.03. The smallest absolute Gasteiger partial charge is 0.176 e. The fraction of sp³-hybridized carbons (Fsp3) is 1.00. The molecule has 0 spiro atoms. The normalized spacial score (nSPS) is 13.5. The van der Waals surface area contributed by atoms with Crippen LogP contribution in [0.3, 0.4) is 0 Å². The zero-order valence-electron chi connectivity index (χ0n) is 7.10. The molecule has 0 aromatic heterocycles. The standard InChI is InChI=1S/C7H19NOSi/c1-3-6-10(9-2)7-4-5-8/h10H,3-8H2,1-2H3. The topological polar surface area (TPSA) is 35.2 Å². The second-order valence-electron chi connectivity index (χ2n) is 2.58. The van der Waals surface area contributed by atoms with Crippen LogP contribution < -0.4 is 5.73 Å². The Morgan fingerprint density at radius 1 is 1.40 bits per heavy atom. The summed E-state index contributed by atoms with van der Waals surface area (Å²) in [5.74, 6) is 0. The first-order valence-corrected chi connectivity index (χ1v) is 6.18. The molecule has 2 nitrogen and oxygen atoms in total. The fourth-order valence-electron chi connectivity index (χ4n) is 1.05. The molecule has 10 heavy (non-hydrogen) atoms. The summed E-state index contributed by atoms with van der Waals surface area (Å²) in [6.07, 6.45) is 2.40. The van der Waals surface area contributed by atoms with Gasteiger partial charge in [0.15, 0.2) is 9.04 Å². The van der Waals surface area contributed by atoms with Crippen molar-refractivity contribution < 1.29 is 4.43 Å². The van der Waals surface area contributed by atoms with Gasteiger partial charge in [-0.1, -0.05) is 13.3 Å². The minimum absolute atomic E-state index is 0.811. The second-order valence-corrected chi connectivity index (χ2v) is 5.45. The average molecular weight is 161 g/mol. The molecule has 0 saturated carbocycles. The van der Waals surface area contributed by atoms with Gasteiger partial charge in [0.25, 0.3) is 0 Å². The third-order valence-electron chi connectivity index (χ3n) is 1.67. The highest BCUT2D eigenvalue weighted by molar-refractivity contribution is 6.51. The van der Waals surface area contributed by atoms with Crippen LogP contribution in [0.2, 0.25) is 12.1 Å². The molecule has 1 unspecified atom stereocenters. The molecule has 0 bridgehead atoms. The van der Waals surface area contributed by atoms with Crippen LogP contribution in [0.1, 0.15) is 19.8 Å². The van der Waals surface area contributed by atoms with Crippen LogP contribution in [0.25, 0.3) is 0 Å². The monoisotopic (exact) mass is 161 g/mol. The Kier molecular flexibility index (Phi) is 7.35. The Morgan fingerprint density at radius 2 is 2.10 bits per heavy atom. The van der Waals surface area contributed by atoms with Crippen molar-refractivity contribution in [1.29, 1.82) is 0 Å². The number of hydrogen-bond acceptors (Lipinski definition) is 2. The Bertz CT molecular complexity index is 70.6. The first-order valence-electron chi connectivity index (χ1n) is 4.08. The van der Waals surface area contributed by atoms with Crippen molar-refractivity contribution in [2.24, 2.45) is 5.73 Å². The predicted molar refractivity (Wildman–Crippen MR) is 47.7 cm³/mol. The molecule has 0 aromatic carbocycles. The zero-order valence-corrected chi connectivity index (χ0v) is 8.25. The molecule has 0 heterocycles. The van der Waals surface area contributed by atoms with E-state index in [1.807, 2.05) is 7.11 Å². The molecular formula is C7H19NOSi. The second kappa shape index (κ2) is 7.25. The molecule has 0 aliphatic heterocycles. The van der Waals surface area contributed by atoms with Crippen LogP contribution >= 0.6 is 0 Å². The van der Waals surface area contributed by atoms with E-state index in [4.69, 9.17) is 10.2 Å². The Balaban J connectivity index is 3.21. The van der Waals surface area contributed by atoms with Crippen LogP contribution in [0, 0.1) is 0 Å². The van der Waals surface area contributed by atoms with Crippen molar-refractivity contribution in [1.82, 2.24) is 0 Å². The molecule has 1 atom stereocenters. The maximum atomic E-state index is 5.39. The third kappa shape index (κ3) is 4.96. The van der Waals surface area contributed by atoms with Crippen LogP contribution in [-0.2, 0) is 4.43 Å². The van der Waals surface area contributed by atoms with Gasteiger partial charge in [-0.15, -0.1) is 0 Å². The lowest BCUT2D eigenvalue weighted by Gasteiger charge is -2.10. The molecule has 0 aliphatic carbocycles. The molecule has 0 radical (unpaired) electrons. The van der Waals surface area contributed by atoms with Crippen molar-refractivity contribution in [2.75, 3.05) is 13.7 Å². The fourth-order valence-corrected chi connectivity index (χ4v) is 3.14. The van der Waals surface area contributed by atoms with Crippen LogP contribution in [0.4, 0.5) is 0 Å². The van der Waals surface area contributed by atoms with Crippen LogP contribution in [0.5, 0.6) is 0 Å². The predicted octanol–water partition coefficient (Wildman–Crippen LogP) is 1.12. The third-order valence-corrected chi connectivity index (χ3v) is 4.61. The molecule has 3 heteroatoms. The number of nitrogens with two attached hydrogens (primary N) is 1. The first-order chi connectivity index (χ1) is 4.85. The van der Waals surface area contributed by atoms with Crippen molar-refractivity contribution >= 4 is 9.04 Å². The van der Waals surface area contributed by atoms with Gasteiger partial charge >= 0.3 is 0 Å². The molecule has 0 amide bonds. The molecule has 62 valence electrons. The van der Waals surface area contributed by atoms with E-state index in [0.29, 0.717) is 0 Å². The van der Waals surface area contributed by atoms with Gasteiger partial charge < -0.3 is 10.2 Å². The summed E-state index contributed by atoms with van der Waals surface area (Å²) in [5, 5.41) is 0. The maximum Gasteiger partial charge on any atom is 0.176 e. The molecule has 0 aromatic rings. The highest BCUT2D eigenvalue weighted by Crippen LogP contribution is 2.05. The van der Waals surface area contributed by atoms with Gasteiger partial charge in [-0.3, -0.25) is 0 Å². The SMILES string of the molecule is CCC[SiH](CCCN)OC. The number of rotatable bonds is 6. The van der Waals surface area contributed by atoms with E-state index < -0.39 is 9.04 Å². The minimum Gasteiger partial charge on any atom is -0.423 e. The lowest BCUT2D eigenvalue weighted by molar-refractivity contribution is 0.415. The van der Waals surface area contributed by atoms with Crippen LogP contribution in [0.15, 0.2) is 0 Å². The van der Waals surface area contributed by atoms with E-state index in [1.165, 1.54) is 18.5 Å². The van der Waals surface area contributed by atoms with Crippen molar-refractivity contribution in [3.63, 3.8) is 0 Å². The summed E-state index contributed by atoms with van der Waals surface area (Å²) in [4.78, 5) is 0. The van der Waals surface area contributed by atoms with Crippen molar-refractivity contribution in [3.05, 3.63) is 0 Å². The lowest BCUT2D eigenvalue weighted by Crippen LogP contribution is -2.16. The summed E-state index contributed by atoms with van der Waals surface area (Å²) >= 11 is 0. The van der Waals surface area contributed by atoms with E-state index in [-0.39, 0.29) is 0 Å². The zero-order chi connectivity index (χ0) is 7.82. The largest absolute Gasteiger partial charge is 0.423 e. The Hall–Kier alpha value is 0.137. The number of hydrogen-bond donors (Lipinski definition) is 1. The highest BCUT2D eigenvalue weighted by Gasteiger charge is 2.06. The summed E-state index contributed by atoms with van der Waals surface area (Å²) < 4.78 is 5.38. The van der Waals surface area contributed by atoms with E-state index in [9.17, 15) is 0 Å². The minimum atomic E-state index is -0.811. The summed E-state index contributed by atoms with van der Waals surface area (Å²) in [6, 6.07) is 2.55. The molecule has 0 fully saturated rings. The van der Waals surface area contributed by atoms with Crippen LogP contribution in [-0.4, -0.2) is 22.7 Å². The van der Waals surface area contributed by atoms with E-state index in [1.54, 1.807) is 0 Å². The molecule has 2 N–H and O–H groups in total. The molecule has 0 rings (SSSR count). The Labute approximate surface area is 65.5 Å². The highest BCUT2D eigenvalue weighted by atomic mass is 28.3. The van der Waals surface area contributed by atoms with Crippen molar-refractivity contribution in [3.8, 4) is 0 Å². The van der Waals surface area contributed by atoms with Gasteiger partial charge in [0.1, 0.15) is 0 Å². The molecule has 0 aliphatic rings. The van der Waals surface area contributed by atoms with Gasteiger partial charge in [-0.05, 0) is 25.1 Å². The lowest BCUT2D eigenvalue weighted by atomic mass is 10.5. The molecular weight excluding hydrogens is 142 g/mol. The molecule has 0 saturated heterocycles.